The molecule has 0 spiro atoms. The van der Waals surface area contributed by atoms with Gasteiger partial charge in [-0.2, -0.15) is 0 Å². The molecule has 0 radical (unpaired) electrons. The fourth-order valence-electron chi connectivity index (χ4n) is 4.08. The number of hydrogen-bond donors (Lipinski definition) is 1. The first kappa shape index (κ1) is 20.4. The van der Waals surface area contributed by atoms with Gasteiger partial charge in [0.05, 0.1) is 7.11 Å². The van der Waals surface area contributed by atoms with Gasteiger partial charge in [0.15, 0.2) is 0 Å². The molecule has 1 aliphatic rings. The molecule has 0 aliphatic carbocycles. The number of benzene rings is 2. The van der Waals surface area contributed by atoms with Crippen LogP contribution in [0.15, 0.2) is 48.5 Å². The van der Waals surface area contributed by atoms with E-state index in [0.29, 0.717) is 18.0 Å². The van der Waals surface area contributed by atoms with Crippen molar-refractivity contribution in [1.29, 1.82) is 0 Å². The van der Waals surface area contributed by atoms with Gasteiger partial charge < -0.3 is 19.6 Å². The molecule has 0 unspecified atom stereocenters. The van der Waals surface area contributed by atoms with E-state index >= 15 is 0 Å². The Bertz CT molecular complexity index is 806. The van der Waals surface area contributed by atoms with Crippen molar-refractivity contribution in [2.75, 3.05) is 47.4 Å². The summed E-state index contributed by atoms with van der Waals surface area (Å²) in [4.78, 5) is 17.3. The summed E-state index contributed by atoms with van der Waals surface area (Å²) in [5.74, 6) is 1.35. The van der Waals surface area contributed by atoms with Crippen LogP contribution in [0.4, 0.5) is 0 Å². The fourth-order valence-corrected chi connectivity index (χ4v) is 4.08. The highest BCUT2D eigenvalue weighted by Gasteiger charge is 2.30. The Balaban J connectivity index is 1.81. The summed E-state index contributed by atoms with van der Waals surface area (Å²) in [5.41, 5.74) is 2.69. The van der Waals surface area contributed by atoms with E-state index in [1.807, 2.05) is 67.5 Å². The molecule has 5 heteroatoms. The first-order chi connectivity index (χ1) is 13.5. The Morgan fingerprint density at radius 1 is 1.11 bits per heavy atom. The van der Waals surface area contributed by atoms with Gasteiger partial charge in [0.1, 0.15) is 5.75 Å². The maximum atomic E-state index is 13.2. The van der Waals surface area contributed by atoms with Crippen molar-refractivity contribution in [3.63, 3.8) is 0 Å². The topological polar surface area (TPSA) is 53.0 Å². The van der Waals surface area contributed by atoms with Crippen LogP contribution < -0.4 is 4.74 Å². The van der Waals surface area contributed by atoms with Gasteiger partial charge in [0.25, 0.3) is 5.91 Å². The molecule has 1 N–H and O–H groups in total. The zero-order chi connectivity index (χ0) is 20.1. The average Bonchev–Trinajstić information content (AvgIpc) is 2.72. The van der Waals surface area contributed by atoms with E-state index in [9.17, 15) is 9.90 Å². The van der Waals surface area contributed by atoms with Crippen molar-refractivity contribution in [3.8, 4) is 16.9 Å². The van der Waals surface area contributed by atoms with Crippen molar-refractivity contribution in [1.82, 2.24) is 9.80 Å². The Labute approximate surface area is 167 Å². The number of aliphatic hydroxyl groups excluding tert-OH is 1. The highest BCUT2D eigenvalue weighted by atomic mass is 16.5. The largest absolute Gasteiger partial charge is 0.497 e. The van der Waals surface area contributed by atoms with Crippen molar-refractivity contribution in [2.45, 2.75) is 6.42 Å². The number of piperidine rings is 1. The molecule has 2 aromatic carbocycles. The lowest BCUT2D eigenvalue weighted by Gasteiger charge is -2.38. The number of methoxy groups -OCH3 is 1. The highest BCUT2D eigenvalue weighted by molar-refractivity contribution is 5.95. The number of rotatable bonds is 6. The summed E-state index contributed by atoms with van der Waals surface area (Å²) in [6.07, 6.45) is 0.961. The molecule has 0 aromatic heterocycles. The van der Waals surface area contributed by atoms with Crippen LogP contribution in [0.2, 0.25) is 0 Å². The molecule has 1 amide bonds. The van der Waals surface area contributed by atoms with Gasteiger partial charge in [0, 0.05) is 31.8 Å². The lowest BCUT2D eigenvalue weighted by Crippen LogP contribution is -2.47. The molecule has 150 valence electrons. The number of likely N-dealkylation sites (tertiary alicyclic amines) is 1. The van der Waals surface area contributed by atoms with E-state index in [1.165, 1.54) is 0 Å². The van der Waals surface area contributed by atoms with E-state index in [0.717, 1.165) is 36.4 Å². The number of carbonyl (C=O) groups excluding carboxylic acids is 1. The molecule has 1 saturated heterocycles. The molecule has 0 bridgehead atoms. The second-order valence-corrected chi connectivity index (χ2v) is 7.94. The minimum atomic E-state index is 0.0339. The van der Waals surface area contributed by atoms with Crippen LogP contribution in [0.5, 0.6) is 5.75 Å². The van der Waals surface area contributed by atoms with Crippen LogP contribution in [0.1, 0.15) is 16.8 Å². The number of aliphatic hydroxyl groups is 1. The quantitative estimate of drug-likeness (QED) is 0.835. The second-order valence-electron chi connectivity index (χ2n) is 7.94. The van der Waals surface area contributed by atoms with Gasteiger partial charge in [-0.25, -0.2) is 0 Å². The van der Waals surface area contributed by atoms with Crippen LogP contribution in [0.25, 0.3) is 11.1 Å². The molecular formula is C23H30N2O3. The Morgan fingerprint density at radius 2 is 1.79 bits per heavy atom. The highest BCUT2D eigenvalue weighted by Crippen LogP contribution is 2.27. The Morgan fingerprint density at radius 3 is 2.46 bits per heavy atom. The van der Waals surface area contributed by atoms with Gasteiger partial charge in [0.2, 0.25) is 0 Å². The molecule has 1 aliphatic heterocycles. The molecule has 1 fully saturated rings. The summed E-state index contributed by atoms with van der Waals surface area (Å²) >= 11 is 0. The van der Waals surface area contributed by atoms with Crippen molar-refractivity contribution in [3.05, 3.63) is 54.1 Å². The third-order valence-electron chi connectivity index (χ3n) is 5.31. The van der Waals surface area contributed by atoms with E-state index in [4.69, 9.17) is 4.74 Å². The van der Waals surface area contributed by atoms with Crippen LogP contribution in [0.3, 0.4) is 0 Å². The van der Waals surface area contributed by atoms with Crippen LogP contribution in [0, 0.1) is 11.8 Å². The third kappa shape index (κ3) is 4.91. The Kier molecular flexibility index (Phi) is 6.70. The molecule has 0 saturated carbocycles. The first-order valence-electron chi connectivity index (χ1n) is 9.79. The summed E-state index contributed by atoms with van der Waals surface area (Å²) in [6.45, 7) is 2.39. The summed E-state index contributed by atoms with van der Waals surface area (Å²) in [5, 5.41) is 9.69. The molecule has 5 nitrogen and oxygen atoms in total. The van der Waals surface area contributed by atoms with Crippen molar-refractivity contribution >= 4 is 5.91 Å². The van der Waals surface area contributed by atoms with Crippen molar-refractivity contribution < 1.29 is 14.6 Å². The smallest absolute Gasteiger partial charge is 0.253 e. The van der Waals surface area contributed by atoms with Crippen molar-refractivity contribution in [2.24, 2.45) is 11.8 Å². The third-order valence-corrected chi connectivity index (χ3v) is 5.31. The molecule has 2 atom stereocenters. The number of hydrogen-bond acceptors (Lipinski definition) is 4. The lowest BCUT2D eigenvalue weighted by atomic mass is 9.89. The summed E-state index contributed by atoms with van der Waals surface area (Å²) in [7, 11) is 5.75. The van der Waals surface area contributed by atoms with Gasteiger partial charge in [-0.1, -0.05) is 24.3 Å². The number of nitrogens with zero attached hydrogens (tertiary/aromatic N) is 2. The summed E-state index contributed by atoms with van der Waals surface area (Å²) in [6, 6.07) is 15.6. The van der Waals surface area contributed by atoms with Gasteiger partial charge >= 0.3 is 0 Å². The monoisotopic (exact) mass is 382 g/mol. The van der Waals surface area contributed by atoms with Crippen LogP contribution in [-0.2, 0) is 0 Å². The first-order valence-corrected chi connectivity index (χ1v) is 9.79. The molecule has 2 aromatic rings. The minimum Gasteiger partial charge on any atom is -0.497 e. The van der Waals surface area contributed by atoms with Crippen LogP contribution >= 0.6 is 0 Å². The molecule has 28 heavy (non-hydrogen) atoms. The molecule has 3 rings (SSSR count). The maximum Gasteiger partial charge on any atom is 0.253 e. The fraction of sp³-hybridized carbons (Fsp3) is 0.435. The maximum absolute atomic E-state index is 13.2. The van der Waals surface area contributed by atoms with Gasteiger partial charge in [-0.05, 0) is 67.7 Å². The van der Waals surface area contributed by atoms with Gasteiger partial charge in [-0.15, -0.1) is 0 Å². The minimum absolute atomic E-state index is 0.0339. The van der Waals surface area contributed by atoms with E-state index < -0.39 is 0 Å². The number of amides is 1. The van der Waals surface area contributed by atoms with Gasteiger partial charge in [-0.3, -0.25) is 4.79 Å². The van der Waals surface area contributed by atoms with E-state index in [1.54, 1.807) is 7.11 Å². The number of ether oxygens (including phenoxy) is 1. The van der Waals surface area contributed by atoms with E-state index in [-0.39, 0.29) is 18.4 Å². The SMILES string of the molecule is COc1cccc(-c2cccc(C(=O)N3C[C@@H](CO)C[C@@H](CN(C)C)C3)c2)c1. The lowest BCUT2D eigenvalue weighted by molar-refractivity contribution is 0.0478. The predicted molar refractivity (Wildman–Crippen MR) is 112 cm³/mol. The second kappa shape index (κ2) is 9.22. The van der Waals surface area contributed by atoms with E-state index in [2.05, 4.69) is 4.90 Å². The zero-order valence-electron chi connectivity index (χ0n) is 17.0. The Hall–Kier alpha value is -2.37. The zero-order valence-corrected chi connectivity index (χ0v) is 17.0. The van der Waals surface area contributed by atoms with Crippen LogP contribution in [-0.4, -0.2) is 68.3 Å². The molecule has 1 heterocycles. The normalized spacial score (nSPS) is 19.7. The standard InChI is InChI=1S/C23H30N2O3/c1-24(2)13-17-10-18(16-26)15-25(14-17)23(27)21-8-4-6-19(11-21)20-7-5-9-22(12-20)28-3/h4-9,11-12,17-18,26H,10,13-16H2,1-3H3/t17-,18-/m0/s1. The predicted octanol–water partition coefficient (Wildman–Crippen LogP) is 2.99. The number of carbonyl (C=O) groups is 1. The molecular weight excluding hydrogens is 352 g/mol. The average molecular weight is 383 g/mol. The summed E-state index contributed by atoms with van der Waals surface area (Å²) < 4.78 is 5.31.